The molecule has 6 nitrogen and oxygen atoms in total. The number of hydrogen-bond donors (Lipinski definition) is 0. The van der Waals surface area contributed by atoms with Crippen molar-refractivity contribution in [1.29, 1.82) is 0 Å². The number of likely N-dealkylation sites (tertiary alicyclic amines) is 2. The van der Waals surface area contributed by atoms with Gasteiger partial charge < -0.3 is 4.90 Å². The molecule has 2 fully saturated rings. The molecule has 2 atom stereocenters. The van der Waals surface area contributed by atoms with E-state index in [1.165, 1.54) is 23.1 Å². The lowest BCUT2D eigenvalue weighted by Crippen LogP contribution is -2.48. The number of pyridine rings is 1. The lowest BCUT2D eigenvalue weighted by Gasteiger charge is -2.37. The Morgan fingerprint density at radius 2 is 2.06 bits per heavy atom. The van der Waals surface area contributed by atoms with E-state index in [9.17, 15) is 18.8 Å². The normalized spacial score (nSPS) is 23.6. The third kappa shape index (κ3) is 4.16. The molecular formula is C25H28FN3O3. The Kier molecular flexibility index (Phi) is 6.35. The first-order valence-electron chi connectivity index (χ1n) is 11.2. The van der Waals surface area contributed by atoms with Crippen LogP contribution >= 0.6 is 0 Å². The van der Waals surface area contributed by atoms with Crippen LogP contribution in [0.1, 0.15) is 56.6 Å². The molecule has 4 rings (SSSR count). The van der Waals surface area contributed by atoms with Crippen LogP contribution in [0.15, 0.2) is 48.8 Å². The summed E-state index contributed by atoms with van der Waals surface area (Å²) >= 11 is 0. The molecule has 2 aromatic rings. The minimum Gasteiger partial charge on any atom is -0.340 e. The second-order valence-corrected chi connectivity index (χ2v) is 8.74. The molecule has 0 N–H and O–H groups in total. The molecule has 0 saturated carbocycles. The zero-order valence-electron chi connectivity index (χ0n) is 18.3. The Balaban J connectivity index is 1.68. The molecule has 1 aromatic heterocycles. The van der Waals surface area contributed by atoms with Crippen molar-refractivity contribution < 1.29 is 18.8 Å². The number of amides is 3. The second kappa shape index (κ2) is 9.18. The van der Waals surface area contributed by atoms with Crippen molar-refractivity contribution in [2.45, 2.75) is 63.5 Å². The molecule has 0 radical (unpaired) electrons. The van der Waals surface area contributed by atoms with E-state index < -0.39 is 17.1 Å². The van der Waals surface area contributed by atoms with Gasteiger partial charge in [-0.2, -0.15) is 0 Å². The van der Waals surface area contributed by atoms with Gasteiger partial charge in [0.15, 0.2) is 0 Å². The van der Waals surface area contributed by atoms with Gasteiger partial charge in [0.25, 0.3) is 0 Å². The van der Waals surface area contributed by atoms with Crippen molar-refractivity contribution in [3.8, 4) is 0 Å². The summed E-state index contributed by atoms with van der Waals surface area (Å²) in [5.74, 6) is -1.45. The number of carbonyl (C=O) groups is 3. The molecule has 1 aromatic carbocycles. The lowest BCUT2D eigenvalue weighted by molar-refractivity contribution is -0.144. The highest BCUT2D eigenvalue weighted by atomic mass is 19.1. The molecular weight excluding hydrogens is 409 g/mol. The van der Waals surface area contributed by atoms with Gasteiger partial charge in [-0.1, -0.05) is 25.1 Å². The minimum absolute atomic E-state index is 0.0814. The molecule has 168 valence electrons. The maximum atomic E-state index is 14.2. The first-order valence-corrected chi connectivity index (χ1v) is 11.2. The average Bonchev–Trinajstić information content (AvgIpc) is 3.04. The first-order chi connectivity index (χ1) is 15.4. The van der Waals surface area contributed by atoms with E-state index >= 15 is 0 Å². The Morgan fingerprint density at radius 1 is 1.22 bits per heavy atom. The molecule has 0 unspecified atom stereocenters. The Bertz CT molecular complexity index is 1010. The van der Waals surface area contributed by atoms with Crippen LogP contribution in [0.2, 0.25) is 0 Å². The third-order valence-electron chi connectivity index (χ3n) is 6.72. The zero-order chi connectivity index (χ0) is 22.7. The number of halogens is 1. The summed E-state index contributed by atoms with van der Waals surface area (Å²) in [6.07, 6.45) is 6.73. The SMILES string of the molecule is CC[C@@H]1CCCCN1C(=O)C[C@]1(c2cccc(F)c2)CC(=O)N(Cc2cccnc2)C1=O. The van der Waals surface area contributed by atoms with Gasteiger partial charge in [-0.3, -0.25) is 24.3 Å². The van der Waals surface area contributed by atoms with Crippen molar-refractivity contribution in [3.05, 3.63) is 65.7 Å². The first kappa shape index (κ1) is 22.1. The van der Waals surface area contributed by atoms with Gasteiger partial charge in [-0.15, -0.1) is 0 Å². The van der Waals surface area contributed by atoms with Crippen molar-refractivity contribution in [2.75, 3.05) is 6.54 Å². The van der Waals surface area contributed by atoms with Crippen LogP contribution in [-0.4, -0.2) is 45.1 Å². The van der Waals surface area contributed by atoms with E-state index in [-0.39, 0.29) is 37.2 Å². The summed E-state index contributed by atoms with van der Waals surface area (Å²) in [6, 6.07) is 9.41. The largest absolute Gasteiger partial charge is 0.340 e. The van der Waals surface area contributed by atoms with Crippen LogP contribution in [-0.2, 0) is 26.3 Å². The third-order valence-corrected chi connectivity index (χ3v) is 6.72. The van der Waals surface area contributed by atoms with Crippen molar-refractivity contribution in [3.63, 3.8) is 0 Å². The monoisotopic (exact) mass is 437 g/mol. The highest BCUT2D eigenvalue weighted by Crippen LogP contribution is 2.41. The smallest absolute Gasteiger partial charge is 0.241 e. The molecule has 32 heavy (non-hydrogen) atoms. The molecule has 0 spiro atoms. The Hall–Kier alpha value is -3.09. The topological polar surface area (TPSA) is 70.6 Å². The van der Waals surface area contributed by atoms with Gasteiger partial charge in [-0.05, 0) is 55.0 Å². The molecule has 0 bridgehead atoms. The molecule has 2 saturated heterocycles. The fourth-order valence-corrected chi connectivity index (χ4v) is 5.00. The van der Waals surface area contributed by atoms with Gasteiger partial charge in [0.2, 0.25) is 17.7 Å². The fraction of sp³-hybridized carbons (Fsp3) is 0.440. The second-order valence-electron chi connectivity index (χ2n) is 8.74. The summed E-state index contributed by atoms with van der Waals surface area (Å²) in [5.41, 5.74) is -0.297. The van der Waals surface area contributed by atoms with E-state index in [4.69, 9.17) is 0 Å². The van der Waals surface area contributed by atoms with Crippen LogP contribution in [0.25, 0.3) is 0 Å². The zero-order valence-corrected chi connectivity index (χ0v) is 18.3. The summed E-state index contributed by atoms with van der Waals surface area (Å²) in [7, 11) is 0. The molecule has 2 aliphatic rings. The number of nitrogens with zero attached hydrogens (tertiary/aromatic N) is 3. The number of hydrogen-bond acceptors (Lipinski definition) is 4. The number of piperidine rings is 1. The summed E-state index contributed by atoms with van der Waals surface area (Å²) < 4.78 is 14.2. The molecule has 3 heterocycles. The number of rotatable bonds is 6. The van der Waals surface area contributed by atoms with E-state index in [1.54, 1.807) is 30.6 Å². The minimum atomic E-state index is -1.39. The van der Waals surface area contributed by atoms with Crippen LogP contribution in [0.5, 0.6) is 0 Å². The van der Waals surface area contributed by atoms with E-state index in [2.05, 4.69) is 11.9 Å². The molecule has 0 aliphatic carbocycles. The van der Waals surface area contributed by atoms with Gasteiger partial charge in [0, 0.05) is 37.8 Å². The van der Waals surface area contributed by atoms with E-state index in [0.717, 1.165) is 31.2 Å². The van der Waals surface area contributed by atoms with Crippen LogP contribution in [0.4, 0.5) is 4.39 Å². The van der Waals surface area contributed by atoms with Crippen molar-refractivity contribution in [2.24, 2.45) is 0 Å². The standard InChI is InChI=1S/C25H28FN3O3/c1-2-21-10-3-4-12-28(21)22(30)14-25(19-8-5-9-20(26)13-19)15-23(31)29(24(25)32)17-18-7-6-11-27-16-18/h5-9,11,13,16,21H,2-4,10,12,14-15,17H2,1H3/t21-,25-/m1/s1. The molecule has 3 amide bonds. The highest BCUT2D eigenvalue weighted by molar-refractivity contribution is 6.10. The highest BCUT2D eigenvalue weighted by Gasteiger charge is 2.54. The predicted molar refractivity (Wildman–Crippen MR) is 117 cm³/mol. The summed E-state index contributed by atoms with van der Waals surface area (Å²) in [4.78, 5) is 47.3. The van der Waals surface area contributed by atoms with Gasteiger partial charge in [0.1, 0.15) is 5.82 Å². The van der Waals surface area contributed by atoms with Gasteiger partial charge >= 0.3 is 0 Å². The Morgan fingerprint density at radius 3 is 2.78 bits per heavy atom. The summed E-state index contributed by atoms with van der Waals surface area (Å²) in [5, 5.41) is 0. The van der Waals surface area contributed by atoms with Crippen LogP contribution in [0.3, 0.4) is 0 Å². The number of carbonyl (C=O) groups excluding carboxylic acids is 3. The van der Waals surface area contributed by atoms with E-state index in [0.29, 0.717) is 12.1 Å². The average molecular weight is 438 g/mol. The molecule has 7 heteroatoms. The number of imide groups is 1. The van der Waals surface area contributed by atoms with Crippen LogP contribution < -0.4 is 0 Å². The maximum Gasteiger partial charge on any atom is 0.241 e. The Labute approximate surface area is 187 Å². The quantitative estimate of drug-likeness (QED) is 0.648. The van der Waals surface area contributed by atoms with Gasteiger partial charge in [-0.25, -0.2) is 4.39 Å². The van der Waals surface area contributed by atoms with Gasteiger partial charge in [0.05, 0.1) is 12.0 Å². The van der Waals surface area contributed by atoms with Crippen molar-refractivity contribution >= 4 is 17.7 Å². The molecule has 2 aliphatic heterocycles. The van der Waals surface area contributed by atoms with Crippen molar-refractivity contribution in [1.82, 2.24) is 14.8 Å². The van der Waals surface area contributed by atoms with Crippen LogP contribution in [0, 0.1) is 5.82 Å². The summed E-state index contributed by atoms with van der Waals surface area (Å²) in [6.45, 7) is 2.79. The fourth-order valence-electron chi connectivity index (χ4n) is 5.00. The number of benzene rings is 1. The number of aromatic nitrogens is 1. The lowest BCUT2D eigenvalue weighted by atomic mass is 9.75. The maximum absolute atomic E-state index is 14.2. The predicted octanol–water partition coefficient (Wildman–Crippen LogP) is 3.60. The van der Waals surface area contributed by atoms with E-state index in [1.807, 2.05) is 4.90 Å².